The number of nitrogens with zero attached hydrogens (tertiary/aromatic N) is 3. The summed E-state index contributed by atoms with van der Waals surface area (Å²) >= 11 is 5.95. The Morgan fingerprint density at radius 1 is 1.06 bits per heavy atom. The highest BCUT2D eigenvalue weighted by Crippen LogP contribution is 2.25. The third-order valence-electron chi connectivity index (χ3n) is 5.63. The minimum absolute atomic E-state index is 0.00672. The van der Waals surface area contributed by atoms with Crippen molar-refractivity contribution >= 4 is 23.3 Å². The first-order valence-electron chi connectivity index (χ1n) is 10.4. The van der Waals surface area contributed by atoms with Gasteiger partial charge in [-0.1, -0.05) is 41.9 Å². The number of benzene rings is 2. The molecule has 31 heavy (non-hydrogen) atoms. The Labute approximate surface area is 187 Å². The molecule has 0 spiro atoms. The molecule has 160 valence electrons. The second-order valence-electron chi connectivity index (χ2n) is 7.57. The van der Waals surface area contributed by atoms with E-state index in [0.29, 0.717) is 11.6 Å². The molecule has 0 unspecified atom stereocenters. The summed E-state index contributed by atoms with van der Waals surface area (Å²) in [5.41, 5.74) is 2.77. The van der Waals surface area contributed by atoms with Gasteiger partial charge in [-0.3, -0.25) is 4.79 Å². The van der Waals surface area contributed by atoms with E-state index in [1.807, 2.05) is 60.7 Å². The zero-order valence-corrected chi connectivity index (χ0v) is 18.2. The van der Waals surface area contributed by atoms with Crippen molar-refractivity contribution in [3.63, 3.8) is 0 Å². The standard InChI is InChI=1S/C24H25ClN4O2/c1-31-22-5-3-2-4-19(22)16-26-24(30)18-12-14-29(15-13-18)23-11-10-21(27-28-23)17-6-8-20(25)9-7-17/h2-11,18H,12-16H2,1H3,(H,26,30). The van der Waals surface area contributed by atoms with Gasteiger partial charge in [0.15, 0.2) is 5.82 Å². The molecule has 0 aliphatic carbocycles. The van der Waals surface area contributed by atoms with Crippen LogP contribution in [0.1, 0.15) is 18.4 Å². The van der Waals surface area contributed by atoms with Crippen LogP contribution < -0.4 is 15.0 Å². The first kappa shape index (κ1) is 21.1. The molecule has 3 aromatic rings. The third kappa shape index (κ3) is 5.14. The van der Waals surface area contributed by atoms with Gasteiger partial charge in [0.25, 0.3) is 0 Å². The fourth-order valence-corrected chi connectivity index (χ4v) is 3.94. The number of carbonyl (C=O) groups is 1. The van der Waals surface area contributed by atoms with Crippen molar-refractivity contribution in [2.45, 2.75) is 19.4 Å². The summed E-state index contributed by atoms with van der Waals surface area (Å²) < 4.78 is 5.35. The van der Waals surface area contributed by atoms with Gasteiger partial charge in [0, 0.05) is 41.7 Å². The normalized spacial score (nSPS) is 14.3. The molecule has 2 aromatic carbocycles. The number of carbonyl (C=O) groups excluding carboxylic acids is 1. The zero-order valence-electron chi connectivity index (χ0n) is 17.4. The lowest BCUT2D eigenvalue weighted by Gasteiger charge is -2.31. The summed E-state index contributed by atoms with van der Waals surface area (Å²) in [5, 5.41) is 12.5. The lowest BCUT2D eigenvalue weighted by molar-refractivity contribution is -0.125. The van der Waals surface area contributed by atoms with Gasteiger partial charge >= 0.3 is 0 Å². The number of piperidine rings is 1. The zero-order chi connectivity index (χ0) is 21.6. The predicted molar refractivity (Wildman–Crippen MR) is 122 cm³/mol. The second kappa shape index (κ2) is 9.79. The van der Waals surface area contributed by atoms with Gasteiger partial charge in [-0.25, -0.2) is 0 Å². The van der Waals surface area contributed by atoms with Gasteiger partial charge in [-0.15, -0.1) is 10.2 Å². The number of rotatable bonds is 6. The van der Waals surface area contributed by atoms with E-state index in [0.717, 1.165) is 54.3 Å². The van der Waals surface area contributed by atoms with E-state index in [4.69, 9.17) is 16.3 Å². The maximum atomic E-state index is 12.6. The lowest BCUT2D eigenvalue weighted by atomic mass is 9.95. The Kier molecular flexibility index (Phi) is 6.67. The van der Waals surface area contributed by atoms with E-state index in [2.05, 4.69) is 20.4 Å². The van der Waals surface area contributed by atoms with Crippen molar-refractivity contribution in [2.75, 3.05) is 25.1 Å². The Hall–Kier alpha value is -3.12. The Balaban J connectivity index is 1.30. The minimum Gasteiger partial charge on any atom is -0.496 e. The van der Waals surface area contributed by atoms with Crippen molar-refractivity contribution < 1.29 is 9.53 Å². The van der Waals surface area contributed by atoms with E-state index < -0.39 is 0 Å². The molecular weight excluding hydrogens is 412 g/mol. The maximum absolute atomic E-state index is 12.6. The van der Waals surface area contributed by atoms with Crippen LogP contribution in [-0.2, 0) is 11.3 Å². The first-order valence-corrected chi connectivity index (χ1v) is 10.8. The highest BCUT2D eigenvalue weighted by molar-refractivity contribution is 6.30. The Morgan fingerprint density at radius 3 is 2.48 bits per heavy atom. The molecule has 1 fully saturated rings. The van der Waals surface area contributed by atoms with Crippen LogP contribution in [-0.4, -0.2) is 36.3 Å². The molecule has 7 heteroatoms. The van der Waals surface area contributed by atoms with E-state index in [9.17, 15) is 4.79 Å². The van der Waals surface area contributed by atoms with Crippen molar-refractivity contribution in [2.24, 2.45) is 5.92 Å². The number of amides is 1. The predicted octanol–water partition coefficient (Wildman–Crippen LogP) is 4.34. The summed E-state index contributed by atoms with van der Waals surface area (Å²) in [5.74, 6) is 1.73. The van der Waals surface area contributed by atoms with Gasteiger partial charge in [0.05, 0.1) is 12.8 Å². The number of methoxy groups -OCH3 is 1. The van der Waals surface area contributed by atoms with E-state index in [-0.39, 0.29) is 11.8 Å². The number of hydrogen-bond acceptors (Lipinski definition) is 5. The molecule has 0 saturated carbocycles. The first-order chi connectivity index (χ1) is 15.1. The number of halogens is 1. The summed E-state index contributed by atoms with van der Waals surface area (Å²) in [6, 6.07) is 19.2. The molecular formula is C24H25ClN4O2. The summed E-state index contributed by atoms with van der Waals surface area (Å²) in [6.45, 7) is 2.03. The molecule has 1 aliphatic rings. The molecule has 1 N–H and O–H groups in total. The van der Waals surface area contributed by atoms with Crippen molar-refractivity contribution in [3.8, 4) is 17.0 Å². The number of hydrogen-bond donors (Lipinski definition) is 1. The fraction of sp³-hybridized carbons (Fsp3) is 0.292. The lowest BCUT2D eigenvalue weighted by Crippen LogP contribution is -2.40. The van der Waals surface area contributed by atoms with Crippen LogP contribution in [0.15, 0.2) is 60.7 Å². The monoisotopic (exact) mass is 436 g/mol. The maximum Gasteiger partial charge on any atom is 0.223 e. The van der Waals surface area contributed by atoms with Crippen LogP contribution in [0.2, 0.25) is 5.02 Å². The van der Waals surface area contributed by atoms with Crippen LogP contribution in [0.4, 0.5) is 5.82 Å². The molecule has 1 aromatic heterocycles. The highest BCUT2D eigenvalue weighted by Gasteiger charge is 2.25. The van der Waals surface area contributed by atoms with Gasteiger partial charge in [0.1, 0.15) is 5.75 Å². The summed E-state index contributed by atoms with van der Waals surface area (Å²) in [6.07, 6.45) is 1.58. The molecule has 1 amide bonds. The van der Waals surface area contributed by atoms with Crippen LogP contribution in [0.3, 0.4) is 0 Å². The average molecular weight is 437 g/mol. The molecule has 0 bridgehead atoms. The number of anilines is 1. The van der Waals surface area contributed by atoms with E-state index in [1.165, 1.54) is 0 Å². The topological polar surface area (TPSA) is 67.3 Å². The molecule has 1 aliphatic heterocycles. The Morgan fingerprint density at radius 2 is 1.81 bits per heavy atom. The molecule has 0 radical (unpaired) electrons. The number of para-hydroxylation sites is 1. The SMILES string of the molecule is COc1ccccc1CNC(=O)C1CCN(c2ccc(-c3ccc(Cl)cc3)nn2)CC1. The molecule has 0 atom stereocenters. The third-order valence-corrected chi connectivity index (χ3v) is 5.88. The van der Waals surface area contributed by atoms with Crippen LogP contribution in [0, 0.1) is 5.92 Å². The highest BCUT2D eigenvalue weighted by atomic mass is 35.5. The molecule has 1 saturated heterocycles. The average Bonchev–Trinajstić information content (AvgIpc) is 2.83. The van der Waals surface area contributed by atoms with Crippen molar-refractivity contribution in [1.82, 2.24) is 15.5 Å². The largest absolute Gasteiger partial charge is 0.496 e. The summed E-state index contributed by atoms with van der Waals surface area (Å²) in [4.78, 5) is 14.8. The second-order valence-corrected chi connectivity index (χ2v) is 8.01. The smallest absolute Gasteiger partial charge is 0.223 e. The number of nitrogens with one attached hydrogen (secondary N) is 1. The molecule has 2 heterocycles. The van der Waals surface area contributed by atoms with Crippen LogP contribution in [0.5, 0.6) is 5.75 Å². The van der Waals surface area contributed by atoms with Gasteiger partial charge in [-0.05, 0) is 43.2 Å². The fourth-order valence-electron chi connectivity index (χ4n) is 3.81. The Bertz CT molecular complexity index is 1020. The quantitative estimate of drug-likeness (QED) is 0.622. The van der Waals surface area contributed by atoms with Gasteiger partial charge in [0.2, 0.25) is 5.91 Å². The van der Waals surface area contributed by atoms with Crippen molar-refractivity contribution in [3.05, 3.63) is 71.2 Å². The minimum atomic E-state index is 0.00672. The number of ether oxygens (including phenoxy) is 1. The van der Waals surface area contributed by atoms with Gasteiger partial charge in [-0.2, -0.15) is 0 Å². The summed E-state index contributed by atoms with van der Waals surface area (Å²) in [7, 11) is 1.64. The van der Waals surface area contributed by atoms with Crippen molar-refractivity contribution in [1.29, 1.82) is 0 Å². The van der Waals surface area contributed by atoms with E-state index >= 15 is 0 Å². The molecule has 4 rings (SSSR count). The van der Waals surface area contributed by atoms with Crippen LogP contribution >= 0.6 is 11.6 Å². The van der Waals surface area contributed by atoms with E-state index in [1.54, 1.807) is 7.11 Å². The van der Waals surface area contributed by atoms with Crippen LogP contribution in [0.25, 0.3) is 11.3 Å². The van der Waals surface area contributed by atoms with Gasteiger partial charge < -0.3 is 15.0 Å². The number of aromatic nitrogens is 2. The molecule has 6 nitrogen and oxygen atoms in total.